The molecule has 1 aromatic rings. The Morgan fingerprint density at radius 3 is 2.50 bits per heavy atom. The Balaban J connectivity index is 0.00000176. The van der Waals surface area contributed by atoms with E-state index in [-0.39, 0.29) is 36.6 Å². The van der Waals surface area contributed by atoms with E-state index < -0.39 is 0 Å². The van der Waals surface area contributed by atoms with E-state index in [0.29, 0.717) is 17.5 Å². The molecule has 1 aromatic carbocycles. The van der Waals surface area contributed by atoms with E-state index in [1.54, 1.807) is 0 Å². The van der Waals surface area contributed by atoms with E-state index >= 15 is 0 Å². The quantitative estimate of drug-likeness (QED) is 0.863. The number of ether oxygens (including phenoxy) is 1. The topological polar surface area (TPSA) is 64.4 Å². The maximum atomic E-state index is 12.4. The molecule has 4 nitrogen and oxygen atoms in total. The number of nitrogens with one attached hydrogen (secondary N) is 1. The molecular formula is C16H22Cl2N2O2. The highest BCUT2D eigenvalue weighted by Gasteiger charge is 2.36. The average molecular weight is 345 g/mol. The van der Waals surface area contributed by atoms with E-state index in [1.165, 1.54) is 0 Å². The minimum absolute atomic E-state index is 0. The third-order valence-electron chi connectivity index (χ3n) is 4.28. The van der Waals surface area contributed by atoms with Crippen molar-refractivity contribution in [2.45, 2.75) is 43.9 Å². The van der Waals surface area contributed by atoms with Gasteiger partial charge in [-0.1, -0.05) is 23.7 Å². The molecule has 2 fully saturated rings. The Labute approximate surface area is 142 Å². The Morgan fingerprint density at radius 2 is 1.95 bits per heavy atom. The van der Waals surface area contributed by atoms with Gasteiger partial charge in [0.05, 0.1) is 12.1 Å². The van der Waals surface area contributed by atoms with E-state index in [4.69, 9.17) is 22.1 Å². The highest BCUT2D eigenvalue weighted by atomic mass is 35.5. The minimum atomic E-state index is -0.355. The van der Waals surface area contributed by atoms with Gasteiger partial charge >= 0.3 is 0 Å². The summed E-state index contributed by atoms with van der Waals surface area (Å²) >= 11 is 5.93. The molecule has 1 heterocycles. The third kappa shape index (κ3) is 4.13. The molecule has 2 aliphatic rings. The minimum Gasteiger partial charge on any atom is -0.364 e. The molecule has 1 aliphatic heterocycles. The fourth-order valence-corrected chi connectivity index (χ4v) is 3.02. The number of halogens is 2. The van der Waals surface area contributed by atoms with Crippen LogP contribution in [-0.2, 0) is 9.53 Å². The molecule has 6 heteroatoms. The highest BCUT2D eigenvalue weighted by molar-refractivity contribution is 6.30. The molecule has 1 unspecified atom stereocenters. The summed E-state index contributed by atoms with van der Waals surface area (Å²) in [6, 6.07) is 7.78. The molecule has 1 saturated heterocycles. The Morgan fingerprint density at radius 1 is 1.27 bits per heavy atom. The summed E-state index contributed by atoms with van der Waals surface area (Å²) in [5, 5.41) is 3.87. The van der Waals surface area contributed by atoms with Gasteiger partial charge in [-0.05, 0) is 49.3 Å². The first kappa shape index (κ1) is 17.5. The fraction of sp³-hybridized carbons (Fsp3) is 0.562. The van der Waals surface area contributed by atoms with Gasteiger partial charge in [-0.25, -0.2) is 0 Å². The van der Waals surface area contributed by atoms with Gasteiger partial charge in [-0.15, -0.1) is 12.4 Å². The second kappa shape index (κ2) is 7.64. The lowest BCUT2D eigenvalue weighted by atomic mass is 10.0. The van der Waals surface area contributed by atoms with Gasteiger partial charge in [0.2, 0.25) is 5.91 Å². The number of nitrogens with two attached hydrogens (primary N) is 1. The van der Waals surface area contributed by atoms with Gasteiger partial charge in [0.15, 0.2) is 0 Å². The van der Waals surface area contributed by atoms with Crippen molar-refractivity contribution in [3.8, 4) is 0 Å². The van der Waals surface area contributed by atoms with Crippen LogP contribution in [0.2, 0.25) is 5.02 Å². The summed E-state index contributed by atoms with van der Waals surface area (Å²) in [5.74, 6) is 0.514. The van der Waals surface area contributed by atoms with Crippen LogP contribution in [0.4, 0.5) is 0 Å². The molecule has 0 radical (unpaired) electrons. The molecular weight excluding hydrogens is 323 g/mol. The van der Waals surface area contributed by atoms with Gasteiger partial charge in [0.1, 0.15) is 6.10 Å². The summed E-state index contributed by atoms with van der Waals surface area (Å²) in [6.45, 7) is 0.479. The smallest absolute Gasteiger partial charge is 0.249 e. The molecule has 3 rings (SSSR count). The zero-order valence-corrected chi connectivity index (χ0v) is 13.9. The van der Waals surface area contributed by atoms with Crippen molar-refractivity contribution in [3.63, 3.8) is 0 Å². The zero-order valence-electron chi connectivity index (χ0n) is 12.3. The van der Waals surface area contributed by atoms with E-state index in [9.17, 15) is 4.79 Å². The lowest BCUT2D eigenvalue weighted by Gasteiger charge is -2.21. The largest absolute Gasteiger partial charge is 0.364 e. The Kier molecular flexibility index (Phi) is 6.09. The number of hydrogen-bond donors (Lipinski definition) is 2. The van der Waals surface area contributed by atoms with Crippen LogP contribution in [0.5, 0.6) is 0 Å². The van der Waals surface area contributed by atoms with Crippen LogP contribution in [0.25, 0.3) is 0 Å². The lowest BCUT2D eigenvalue weighted by molar-refractivity contribution is -0.132. The maximum Gasteiger partial charge on any atom is 0.249 e. The van der Waals surface area contributed by atoms with Gasteiger partial charge < -0.3 is 15.8 Å². The Hall–Kier alpha value is -0.810. The summed E-state index contributed by atoms with van der Waals surface area (Å²) < 4.78 is 5.67. The summed E-state index contributed by atoms with van der Waals surface area (Å²) in [4.78, 5) is 12.4. The summed E-state index contributed by atoms with van der Waals surface area (Å²) in [6.07, 6.45) is 3.60. The van der Waals surface area contributed by atoms with Crippen molar-refractivity contribution in [2.24, 2.45) is 11.7 Å². The van der Waals surface area contributed by atoms with Crippen LogP contribution >= 0.6 is 24.0 Å². The molecule has 122 valence electrons. The zero-order chi connectivity index (χ0) is 14.8. The molecule has 0 bridgehead atoms. The van der Waals surface area contributed by atoms with Crippen molar-refractivity contribution in [2.75, 3.05) is 6.54 Å². The first-order valence-corrected chi connectivity index (χ1v) is 7.96. The number of amides is 1. The number of hydrogen-bond acceptors (Lipinski definition) is 3. The van der Waals surface area contributed by atoms with Crippen molar-refractivity contribution < 1.29 is 9.53 Å². The van der Waals surface area contributed by atoms with E-state index in [2.05, 4.69) is 5.32 Å². The normalized spacial score (nSPS) is 25.4. The molecule has 1 amide bonds. The highest BCUT2D eigenvalue weighted by Crippen LogP contribution is 2.41. The molecule has 22 heavy (non-hydrogen) atoms. The number of benzene rings is 1. The predicted octanol–water partition coefficient (Wildman–Crippen LogP) is 2.84. The van der Waals surface area contributed by atoms with Gasteiger partial charge in [0, 0.05) is 11.6 Å². The molecule has 3 atom stereocenters. The second-order valence-electron chi connectivity index (χ2n) is 5.94. The molecule has 1 saturated carbocycles. The number of carbonyl (C=O) groups excluding carboxylic acids is 1. The van der Waals surface area contributed by atoms with Crippen LogP contribution < -0.4 is 11.1 Å². The predicted molar refractivity (Wildman–Crippen MR) is 89.3 cm³/mol. The maximum absolute atomic E-state index is 12.4. The van der Waals surface area contributed by atoms with Gasteiger partial charge in [-0.3, -0.25) is 4.79 Å². The van der Waals surface area contributed by atoms with Gasteiger partial charge in [0.25, 0.3) is 0 Å². The van der Waals surface area contributed by atoms with Crippen LogP contribution in [0.1, 0.15) is 37.3 Å². The van der Waals surface area contributed by atoms with Crippen LogP contribution in [0.15, 0.2) is 24.3 Å². The fourth-order valence-electron chi connectivity index (χ4n) is 2.89. The van der Waals surface area contributed by atoms with Crippen molar-refractivity contribution >= 4 is 29.9 Å². The van der Waals surface area contributed by atoms with Crippen molar-refractivity contribution in [1.29, 1.82) is 0 Å². The monoisotopic (exact) mass is 344 g/mol. The van der Waals surface area contributed by atoms with Crippen LogP contribution in [-0.4, -0.2) is 24.7 Å². The SMILES string of the molecule is Cl.NC[C@H]1CC[C@@H](C(=O)NC(c2ccc(Cl)cc2)C2CC2)O1. The van der Waals surface area contributed by atoms with Crippen LogP contribution in [0.3, 0.4) is 0 Å². The third-order valence-corrected chi connectivity index (χ3v) is 4.54. The average Bonchev–Trinajstić information content (AvgIpc) is 3.22. The first-order valence-electron chi connectivity index (χ1n) is 7.58. The molecule has 0 spiro atoms. The number of carbonyl (C=O) groups is 1. The standard InChI is InChI=1S/C16H21ClN2O2.ClH/c17-12-5-3-11(4-6-12)15(10-1-2-10)19-16(20)14-8-7-13(9-18)21-14;/h3-6,10,13-15H,1-2,7-9,18H2,(H,19,20);1H/t13-,14+,15?;/m1./s1. The Bertz CT molecular complexity index is 505. The second-order valence-corrected chi connectivity index (χ2v) is 6.37. The first-order chi connectivity index (χ1) is 10.2. The number of rotatable bonds is 5. The van der Waals surface area contributed by atoms with Crippen LogP contribution in [0, 0.1) is 5.92 Å². The molecule has 0 aromatic heterocycles. The molecule has 3 N–H and O–H groups in total. The van der Waals surface area contributed by atoms with Crippen molar-refractivity contribution in [1.82, 2.24) is 5.32 Å². The van der Waals surface area contributed by atoms with Gasteiger partial charge in [-0.2, -0.15) is 0 Å². The van der Waals surface area contributed by atoms with E-state index in [0.717, 1.165) is 31.2 Å². The lowest BCUT2D eigenvalue weighted by Crippen LogP contribution is -2.38. The summed E-state index contributed by atoms with van der Waals surface area (Å²) in [5.41, 5.74) is 6.71. The molecule has 1 aliphatic carbocycles. The van der Waals surface area contributed by atoms with E-state index in [1.807, 2.05) is 24.3 Å². The summed E-state index contributed by atoms with van der Waals surface area (Å²) in [7, 11) is 0. The van der Waals surface area contributed by atoms with Crippen molar-refractivity contribution in [3.05, 3.63) is 34.9 Å².